The van der Waals surface area contributed by atoms with Gasteiger partial charge in [-0.3, -0.25) is 14.8 Å². The van der Waals surface area contributed by atoms with Gasteiger partial charge in [0.25, 0.3) is 0 Å². The van der Waals surface area contributed by atoms with Crippen molar-refractivity contribution in [2.45, 2.75) is 13.8 Å². The van der Waals surface area contributed by atoms with Gasteiger partial charge in [0.05, 0.1) is 28.2 Å². The maximum Gasteiger partial charge on any atom is 0.384 e. The van der Waals surface area contributed by atoms with Crippen molar-refractivity contribution in [2.24, 2.45) is 0 Å². The topological polar surface area (TPSA) is 47.4 Å². The molecular weight excluding hydrogens is 276 g/mol. The van der Waals surface area contributed by atoms with Gasteiger partial charge in [-0.15, -0.1) is 12.4 Å². The third kappa shape index (κ3) is 4.74. The smallest absolute Gasteiger partial charge is 0.294 e. The summed E-state index contributed by atoms with van der Waals surface area (Å²) in [6.07, 6.45) is 0. The average molecular weight is 300 g/mol. The molecule has 5 nitrogen and oxygen atoms in total. The van der Waals surface area contributed by atoms with E-state index in [1.807, 2.05) is 69.7 Å². The Labute approximate surface area is 127 Å². The van der Waals surface area contributed by atoms with E-state index in [0.29, 0.717) is 0 Å². The van der Waals surface area contributed by atoms with Gasteiger partial charge < -0.3 is 0 Å². The summed E-state index contributed by atoms with van der Waals surface area (Å²) in [6.45, 7) is 3.95. The van der Waals surface area contributed by atoms with E-state index in [-0.39, 0.29) is 18.4 Å². The lowest BCUT2D eigenvalue weighted by Gasteiger charge is -2.14. The standard InChI is InChI=1S/C14H22N4O.ClH/c1-10-8-7-9-11(2)12(10)15-13(19)16-14(17(3)4)18(5)6;/h7-9H,1-6H3,(H,15,19);1H/p+1. The normalized spacial score (nSPS) is 9.30. The molecule has 0 fully saturated rings. The van der Waals surface area contributed by atoms with Crippen molar-refractivity contribution in [2.75, 3.05) is 33.5 Å². The van der Waals surface area contributed by atoms with E-state index in [9.17, 15) is 4.79 Å². The minimum atomic E-state index is -0.241. The molecular formula is C14H24ClN4O+. The third-order valence-electron chi connectivity index (χ3n) is 2.79. The van der Waals surface area contributed by atoms with E-state index in [4.69, 9.17) is 0 Å². The monoisotopic (exact) mass is 299 g/mol. The third-order valence-corrected chi connectivity index (χ3v) is 2.79. The Morgan fingerprint density at radius 1 is 1.15 bits per heavy atom. The van der Waals surface area contributed by atoms with Crippen molar-refractivity contribution >= 4 is 30.1 Å². The molecule has 0 atom stereocenters. The number of nitrogens with one attached hydrogen (secondary N) is 2. The van der Waals surface area contributed by atoms with Crippen LogP contribution in [0.4, 0.5) is 10.5 Å². The number of urea groups is 1. The Balaban J connectivity index is 0.00000361. The lowest BCUT2D eigenvalue weighted by Crippen LogP contribution is -2.46. The van der Waals surface area contributed by atoms with Gasteiger partial charge in [0.15, 0.2) is 0 Å². The summed E-state index contributed by atoms with van der Waals surface area (Å²) in [7, 11) is 7.53. The van der Waals surface area contributed by atoms with Gasteiger partial charge in [-0.25, -0.2) is 4.79 Å². The molecule has 0 saturated heterocycles. The highest BCUT2D eigenvalue weighted by Crippen LogP contribution is 2.18. The maximum atomic E-state index is 12.0. The molecule has 0 saturated carbocycles. The Hall–Kier alpha value is -1.75. The van der Waals surface area contributed by atoms with Crippen LogP contribution in [0.25, 0.3) is 0 Å². The molecule has 0 spiro atoms. The zero-order valence-corrected chi connectivity index (χ0v) is 13.8. The second-order valence-electron chi connectivity index (χ2n) is 4.96. The van der Waals surface area contributed by atoms with E-state index in [0.717, 1.165) is 22.8 Å². The van der Waals surface area contributed by atoms with Crippen molar-refractivity contribution in [3.05, 3.63) is 29.3 Å². The molecule has 1 rings (SSSR count). The fourth-order valence-electron chi connectivity index (χ4n) is 1.88. The molecule has 20 heavy (non-hydrogen) atoms. The molecule has 0 aliphatic rings. The SMILES string of the molecule is Cc1cccc(C)c1NC(=O)NC(N(C)C)=[N+](C)C.Cl. The van der Waals surface area contributed by atoms with Crippen molar-refractivity contribution < 1.29 is 9.37 Å². The largest absolute Gasteiger partial charge is 0.384 e. The average Bonchev–Trinajstić information content (AvgIpc) is 2.30. The summed E-state index contributed by atoms with van der Waals surface area (Å²) < 4.78 is 1.85. The molecule has 0 aromatic heterocycles. The minimum Gasteiger partial charge on any atom is -0.294 e. The molecule has 112 valence electrons. The van der Waals surface area contributed by atoms with Gasteiger partial charge in [0.2, 0.25) is 0 Å². The fraction of sp³-hybridized carbons (Fsp3) is 0.429. The molecule has 1 aromatic carbocycles. The Kier molecular flexibility index (Phi) is 7.07. The first-order valence-corrected chi connectivity index (χ1v) is 6.18. The van der Waals surface area contributed by atoms with Crippen LogP contribution < -0.4 is 10.6 Å². The molecule has 2 N–H and O–H groups in total. The molecule has 0 aliphatic heterocycles. The minimum absolute atomic E-state index is 0. The lowest BCUT2D eigenvalue weighted by atomic mass is 10.1. The number of carbonyl (C=O) groups is 1. The molecule has 0 aliphatic carbocycles. The fourth-order valence-corrected chi connectivity index (χ4v) is 1.88. The summed E-state index contributed by atoms with van der Waals surface area (Å²) in [5.74, 6) is 0.726. The Morgan fingerprint density at radius 2 is 1.65 bits per heavy atom. The molecule has 6 heteroatoms. The quantitative estimate of drug-likeness (QED) is 0.474. The van der Waals surface area contributed by atoms with Crippen LogP contribution in [0.1, 0.15) is 11.1 Å². The Bertz CT molecular complexity index is 488. The van der Waals surface area contributed by atoms with E-state index in [2.05, 4.69) is 10.6 Å². The zero-order valence-electron chi connectivity index (χ0n) is 12.9. The van der Waals surface area contributed by atoms with E-state index in [1.54, 1.807) is 0 Å². The summed E-state index contributed by atoms with van der Waals surface area (Å²) in [5.41, 5.74) is 2.95. The van der Waals surface area contributed by atoms with Gasteiger partial charge in [-0.2, -0.15) is 5.32 Å². The number of anilines is 1. The van der Waals surface area contributed by atoms with Crippen LogP contribution >= 0.6 is 12.4 Å². The first-order valence-electron chi connectivity index (χ1n) is 6.18. The molecule has 0 heterocycles. The number of benzene rings is 1. The number of aryl methyl sites for hydroxylation is 2. The molecule has 2 amide bonds. The maximum absolute atomic E-state index is 12.0. The number of nitrogens with zero attached hydrogens (tertiary/aromatic N) is 2. The van der Waals surface area contributed by atoms with Gasteiger partial charge in [-0.1, -0.05) is 18.2 Å². The highest BCUT2D eigenvalue weighted by Gasteiger charge is 2.17. The van der Waals surface area contributed by atoms with Gasteiger partial charge in [0, 0.05) is 5.69 Å². The molecule has 1 aromatic rings. The number of halogens is 1. The van der Waals surface area contributed by atoms with Crippen LogP contribution in [0.15, 0.2) is 18.2 Å². The number of carbonyl (C=O) groups excluding carboxylic acids is 1. The van der Waals surface area contributed by atoms with Crippen LogP contribution in [0.3, 0.4) is 0 Å². The summed E-state index contributed by atoms with van der Waals surface area (Å²) >= 11 is 0. The predicted octanol–water partition coefficient (Wildman–Crippen LogP) is 2.04. The van der Waals surface area contributed by atoms with E-state index < -0.39 is 0 Å². The zero-order chi connectivity index (χ0) is 14.6. The van der Waals surface area contributed by atoms with Crippen molar-refractivity contribution in [3.8, 4) is 0 Å². The van der Waals surface area contributed by atoms with Gasteiger partial charge in [-0.05, 0) is 25.0 Å². The van der Waals surface area contributed by atoms with Crippen molar-refractivity contribution in [1.82, 2.24) is 10.2 Å². The predicted molar refractivity (Wildman–Crippen MR) is 86.1 cm³/mol. The first-order chi connectivity index (χ1) is 8.82. The van der Waals surface area contributed by atoms with Crippen LogP contribution in [0.5, 0.6) is 0 Å². The number of amides is 2. The van der Waals surface area contributed by atoms with Crippen LogP contribution in [0.2, 0.25) is 0 Å². The second kappa shape index (κ2) is 7.75. The molecule has 0 unspecified atom stereocenters. The number of rotatable bonds is 1. The molecule has 0 radical (unpaired) electrons. The van der Waals surface area contributed by atoms with Crippen LogP contribution in [-0.4, -0.2) is 49.7 Å². The second-order valence-corrected chi connectivity index (χ2v) is 4.96. The lowest BCUT2D eigenvalue weighted by molar-refractivity contribution is -0.471. The van der Waals surface area contributed by atoms with Gasteiger partial charge >= 0.3 is 12.0 Å². The van der Waals surface area contributed by atoms with Crippen molar-refractivity contribution in [1.29, 1.82) is 0 Å². The highest BCUT2D eigenvalue weighted by atomic mass is 35.5. The summed E-state index contributed by atoms with van der Waals surface area (Å²) in [5, 5.41) is 5.73. The Morgan fingerprint density at radius 3 is 2.05 bits per heavy atom. The molecule has 0 bridgehead atoms. The van der Waals surface area contributed by atoms with Crippen LogP contribution in [0, 0.1) is 13.8 Å². The van der Waals surface area contributed by atoms with E-state index in [1.165, 1.54) is 0 Å². The number of hydrogen-bond acceptors (Lipinski definition) is 1. The van der Waals surface area contributed by atoms with E-state index >= 15 is 0 Å². The first kappa shape index (κ1) is 18.2. The summed E-state index contributed by atoms with van der Waals surface area (Å²) in [4.78, 5) is 13.9. The number of para-hydroxylation sites is 1. The van der Waals surface area contributed by atoms with Gasteiger partial charge in [0.1, 0.15) is 0 Å². The number of guanidine groups is 1. The highest BCUT2D eigenvalue weighted by molar-refractivity contribution is 6.01. The van der Waals surface area contributed by atoms with Crippen LogP contribution in [-0.2, 0) is 0 Å². The van der Waals surface area contributed by atoms with Crippen molar-refractivity contribution in [3.63, 3.8) is 0 Å². The summed E-state index contributed by atoms with van der Waals surface area (Å²) in [6, 6.07) is 5.69. The number of hydrogen-bond donors (Lipinski definition) is 2.